The number of allylic oxidation sites excluding steroid dienone is 1. The summed E-state index contributed by atoms with van der Waals surface area (Å²) < 4.78 is 27.8. The number of benzene rings is 1. The van der Waals surface area contributed by atoms with Crippen molar-refractivity contribution in [2.24, 2.45) is 10.9 Å². The van der Waals surface area contributed by atoms with Gasteiger partial charge >= 0.3 is 11.9 Å². The van der Waals surface area contributed by atoms with E-state index in [-0.39, 0.29) is 17.3 Å². The van der Waals surface area contributed by atoms with Crippen molar-refractivity contribution in [3.05, 3.63) is 40.8 Å². The third-order valence-corrected chi connectivity index (χ3v) is 5.17. The van der Waals surface area contributed by atoms with Crippen molar-refractivity contribution in [1.82, 2.24) is 4.90 Å². The molecule has 27 heavy (non-hydrogen) atoms. The molecule has 3 rings (SSSR count). The summed E-state index contributed by atoms with van der Waals surface area (Å²) in [5, 5.41) is 2.36. The minimum absolute atomic E-state index is 0.102. The summed E-state index contributed by atoms with van der Waals surface area (Å²) in [5.41, 5.74) is -0.132. The van der Waals surface area contributed by atoms with Gasteiger partial charge in [-0.25, -0.2) is 13.6 Å². The molecule has 2 aliphatic rings. The summed E-state index contributed by atoms with van der Waals surface area (Å²) in [5.74, 6) is -3.16. The van der Waals surface area contributed by atoms with Gasteiger partial charge in [-0.3, -0.25) is 9.59 Å². The van der Waals surface area contributed by atoms with Crippen molar-refractivity contribution in [3.8, 4) is 0 Å². The second kappa shape index (κ2) is 7.39. The highest BCUT2D eigenvalue weighted by molar-refractivity contribution is 8.03. The second-order valence-corrected chi connectivity index (χ2v) is 6.89. The van der Waals surface area contributed by atoms with Crippen LogP contribution in [0.3, 0.4) is 0 Å². The predicted octanol–water partition coefficient (Wildman–Crippen LogP) is 1.85. The molecule has 0 saturated carbocycles. The standard InChI is InChI=1S/C17H14F2N4O3S/c1-22-15-14(16(25)23(2)17(22)26)12(5-6-20-15)27-8-13(24)21-11-4-3-9(18)7-10(11)19/h3-7,14H,8H2,1-2H3/p+1. The van der Waals surface area contributed by atoms with Gasteiger partial charge in [-0.05, 0) is 18.2 Å². The molecule has 4 amide bonds. The lowest BCUT2D eigenvalue weighted by Gasteiger charge is -2.26. The van der Waals surface area contributed by atoms with Crippen molar-refractivity contribution in [2.45, 2.75) is 0 Å². The minimum atomic E-state index is -0.878. The fourth-order valence-electron chi connectivity index (χ4n) is 2.67. The Kier molecular flexibility index (Phi) is 5.17. The number of amidine groups is 1. The van der Waals surface area contributed by atoms with E-state index < -0.39 is 35.4 Å². The number of fused-ring (bicyclic) bond motifs is 1. The van der Waals surface area contributed by atoms with E-state index in [4.69, 9.17) is 0 Å². The van der Waals surface area contributed by atoms with Crippen LogP contribution in [-0.4, -0.2) is 59.2 Å². The minimum Gasteiger partial charge on any atom is -0.323 e. The lowest BCUT2D eigenvalue weighted by Crippen LogP contribution is -2.52. The van der Waals surface area contributed by atoms with Crippen LogP contribution in [0.15, 0.2) is 34.2 Å². The Hall–Kier alpha value is -2.88. The zero-order valence-electron chi connectivity index (χ0n) is 14.4. The molecular formula is C17H15F2N4O3S+. The van der Waals surface area contributed by atoms with Crippen LogP contribution >= 0.6 is 11.8 Å². The molecule has 0 saturated heterocycles. The topological polar surface area (TPSA) is 81.8 Å². The molecule has 1 aromatic rings. The fourth-order valence-corrected chi connectivity index (χ4v) is 3.57. The number of nitrogens with one attached hydrogen (secondary N) is 1. The first-order valence-electron chi connectivity index (χ1n) is 7.83. The molecule has 0 fully saturated rings. The van der Waals surface area contributed by atoms with Crippen LogP contribution in [0.4, 0.5) is 19.3 Å². The largest absolute Gasteiger partial charge is 0.445 e. The van der Waals surface area contributed by atoms with Crippen molar-refractivity contribution < 1.29 is 27.7 Å². The molecular weight excluding hydrogens is 378 g/mol. The maximum absolute atomic E-state index is 13.6. The van der Waals surface area contributed by atoms with Gasteiger partial charge in [0, 0.05) is 11.0 Å². The third kappa shape index (κ3) is 3.65. The van der Waals surface area contributed by atoms with Crippen LogP contribution in [0.25, 0.3) is 0 Å². The quantitative estimate of drug-likeness (QED) is 0.792. The van der Waals surface area contributed by atoms with Gasteiger partial charge in [0.1, 0.15) is 17.8 Å². The van der Waals surface area contributed by atoms with Crippen LogP contribution in [0, 0.1) is 17.6 Å². The number of carbonyl (C=O) groups excluding carboxylic acids is 3. The van der Waals surface area contributed by atoms with Crippen molar-refractivity contribution >= 4 is 47.3 Å². The number of aliphatic imine (C=N–C) groups is 1. The van der Waals surface area contributed by atoms with Crippen molar-refractivity contribution in [3.63, 3.8) is 0 Å². The van der Waals surface area contributed by atoms with Gasteiger partial charge in [0.05, 0.1) is 25.5 Å². The van der Waals surface area contributed by atoms with E-state index in [1.54, 1.807) is 6.08 Å². The Morgan fingerprint density at radius 1 is 1.37 bits per heavy atom. The maximum Gasteiger partial charge on any atom is 0.445 e. The Labute approximate surface area is 157 Å². The summed E-state index contributed by atoms with van der Waals surface area (Å²) in [7, 11) is 2.89. The van der Waals surface area contributed by atoms with Gasteiger partial charge in [-0.2, -0.15) is 9.48 Å². The summed E-state index contributed by atoms with van der Waals surface area (Å²) in [4.78, 5) is 42.2. The average Bonchev–Trinajstić information content (AvgIpc) is 2.65. The Morgan fingerprint density at radius 2 is 2.11 bits per heavy atom. The average molecular weight is 393 g/mol. The van der Waals surface area contributed by atoms with Crippen LogP contribution in [0.2, 0.25) is 0 Å². The molecule has 1 N–H and O–H groups in total. The zero-order chi connectivity index (χ0) is 19.7. The number of thioether (sulfide) groups is 1. The number of nitrogens with zero attached hydrogens (tertiary/aromatic N) is 3. The number of dihydropyridines is 1. The lowest BCUT2D eigenvalue weighted by atomic mass is 10.0. The summed E-state index contributed by atoms with van der Waals surface area (Å²) >= 11 is 1.08. The number of rotatable bonds is 4. The smallest absolute Gasteiger partial charge is 0.323 e. The molecule has 1 atom stereocenters. The van der Waals surface area contributed by atoms with E-state index in [1.807, 2.05) is 0 Å². The number of anilines is 1. The van der Waals surface area contributed by atoms with Crippen LogP contribution in [0.5, 0.6) is 0 Å². The van der Waals surface area contributed by atoms with Crippen molar-refractivity contribution in [2.75, 3.05) is 25.2 Å². The third-order valence-electron chi connectivity index (χ3n) is 4.06. The molecule has 2 heterocycles. The normalized spacial score (nSPS) is 19.2. The molecule has 7 nitrogen and oxygen atoms in total. The molecule has 0 aliphatic carbocycles. The molecule has 2 aliphatic heterocycles. The molecule has 10 heteroatoms. The van der Waals surface area contributed by atoms with E-state index in [0.717, 1.165) is 28.8 Å². The van der Waals surface area contributed by atoms with Gasteiger partial charge in [-0.15, -0.1) is 16.8 Å². The van der Waals surface area contributed by atoms with E-state index in [2.05, 4.69) is 10.3 Å². The molecule has 0 aromatic heterocycles. The maximum atomic E-state index is 13.6. The first-order valence-corrected chi connectivity index (χ1v) is 8.82. The van der Waals surface area contributed by atoms with E-state index >= 15 is 0 Å². The summed E-state index contributed by atoms with van der Waals surface area (Å²) in [6.07, 6.45) is 3.05. The van der Waals surface area contributed by atoms with E-state index in [1.165, 1.54) is 24.9 Å². The number of imide groups is 1. The van der Waals surface area contributed by atoms with Gasteiger partial charge in [0.25, 0.3) is 5.84 Å². The molecule has 0 bridgehead atoms. The number of halogens is 2. The van der Waals surface area contributed by atoms with Crippen LogP contribution < -0.4 is 5.32 Å². The van der Waals surface area contributed by atoms with E-state index in [9.17, 15) is 23.2 Å². The second-order valence-electron chi connectivity index (χ2n) is 5.84. The molecule has 140 valence electrons. The monoisotopic (exact) mass is 393 g/mol. The first-order chi connectivity index (χ1) is 12.8. The molecule has 1 unspecified atom stereocenters. The highest BCUT2D eigenvalue weighted by Gasteiger charge is 2.47. The number of carbonyl (C=O) groups is 3. The lowest BCUT2D eigenvalue weighted by molar-refractivity contribution is -0.407. The van der Waals surface area contributed by atoms with Gasteiger partial charge in [0.2, 0.25) is 5.91 Å². The van der Waals surface area contributed by atoms with Crippen molar-refractivity contribution in [1.29, 1.82) is 0 Å². The highest BCUT2D eigenvalue weighted by Crippen LogP contribution is 2.31. The molecule has 0 spiro atoms. The number of hydrogen-bond donors (Lipinski definition) is 1. The predicted molar refractivity (Wildman–Crippen MR) is 96.9 cm³/mol. The van der Waals surface area contributed by atoms with Gasteiger partial charge in [0.15, 0.2) is 5.92 Å². The summed E-state index contributed by atoms with van der Waals surface area (Å²) in [6, 6.07) is 2.36. The number of amides is 4. The number of hydrogen-bond acceptors (Lipinski definition) is 5. The first kappa shape index (κ1) is 18.9. The van der Waals surface area contributed by atoms with Gasteiger partial charge in [-0.1, -0.05) is 0 Å². The summed E-state index contributed by atoms with van der Waals surface area (Å²) in [6.45, 7) is 0. The highest BCUT2D eigenvalue weighted by atomic mass is 32.2. The zero-order valence-corrected chi connectivity index (χ0v) is 15.2. The van der Waals surface area contributed by atoms with Crippen LogP contribution in [-0.2, 0) is 9.59 Å². The Bertz CT molecular complexity index is 942. The SMILES string of the molecule is CN1C(=O)C2C(SCC(=O)Nc3ccc(F)cc3F)=CC=NC2=[N+](C)C1=O. The molecule has 0 radical (unpaired) electrons. The van der Waals surface area contributed by atoms with Crippen LogP contribution in [0.1, 0.15) is 0 Å². The van der Waals surface area contributed by atoms with Gasteiger partial charge < -0.3 is 5.32 Å². The molecule has 1 aromatic carbocycles. The van der Waals surface area contributed by atoms with E-state index in [0.29, 0.717) is 11.0 Å². The Balaban J connectivity index is 1.71. The number of urea groups is 1. The fraction of sp³-hybridized carbons (Fsp3) is 0.235. The Morgan fingerprint density at radius 3 is 2.81 bits per heavy atom.